The first kappa shape index (κ1) is 15.0. The molecule has 0 aliphatic heterocycles. The van der Waals surface area contributed by atoms with Crippen molar-refractivity contribution in [3.05, 3.63) is 22.7 Å². The van der Waals surface area contributed by atoms with Crippen LogP contribution in [0.4, 0.5) is 5.82 Å². The van der Waals surface area contributed by atoms with Crippen molar-refractivity contribution in [2.24, 2.45) is 0 Å². The molecule has 2 rings (SSSR count). The summed E-state index contributed by atoms with van der Waals surface area (Å²) in [7, 11) is 0. The molecule has 0 aromatic carbocycles. The molecule has 0 amide bonds. The normalized spacial score (nSPS) is 11.8. The summed E-state index contributed by atoms with van der Waals surface area (Å²) in [5.74, 6) is 1.09. The van der Waals surface area contributed by atoms with Gasteiger partial charge in [0.1, 0.15) is 11.5 Å². The predicted octanol–water partition coefficient (Wildman–Crippen LogP) is 3.39. The van der Waals surface area contributed by atoms with Crippen molar-refractivity contribution >= 4 is 21.7 Å². The molecule has 5 nitrogen and oxygen atoms in total. The minimum atomic E-state index is -0.111. The van der Waals surface area contributed by atoms with Crippen LogP contribution in [0.25, 0.3) is 11.5 Å². The Morgan fingerprint density at radius 1 is 1.30 bits per heavy atom. The van der Waals surface area contributed by atoms with E-state index in [0.717, 1.165) is 28.8 Å². The SMILES string of the molecule is CCCn1cncc1-c1nc(N)c(Br)c(C(C)(C)C)n1. The van der Waals surface area contributed by atoms with Crippen LogP contribution >= 0.6 is 15.9 Å². The number of nitrogens with two attached hydrogens (primary N) is 1. The molecule has 2 aromatic rings. The predicted molar refractivity (Wildman–Crippen MR) is 84.4 cm³/mol. The lowest BCUT2D eigenvalue weighted by atomic mass is 9.92. The molecule has 0 saturated carbocycles. The highest BCUT2D eigenvalue weighted by Gasteiger charge is 2.23. The van der Waals surface area contributed by atoms with Crippen LogP contribution in [0.2, 0.25) is 0 Å². The van der Waals surface area contributed by atoms with E-state index in [9.17, 15) is 0 Å². The summed E-state index contributed by atoms with van der Waals surface area (Å²) in [6, 6.07) is 0. The Balaban J connectivity index is 2.58. The van der Waals surface area contributed by atoms with Crippen LogP contribution < -0.4 is 5.73 Å². The van der Waals surface area contributed by atoms with Gasteiger partial charge in [0.15, 0.2) is 5.82 Å². The minimum absolute atomic E-state index is 0.111. The van der Waals surface area contributed by atoms with Gasteiger partial charge in [-0.3, -0.25) is 0 Å². The molecule has 0 atom stereocenters. The van der Waals surface area contributed by atoms with Gasteiger partial charge in [-0.25, -0.2) is 15.0 Å². The molecule has 2 aromatic heterocycles. The zero-order chi connectivity index (χ0) is 14.9. The maximum absolute atomic E-state index is 6.02. The molecule has 0 saturated heterocycles. The largest absolute Gasteiger partial charge is 0.383 e. The Kier molecular flexibility index (Phi) is 4.13. The molecule has 0 unspecified atom stereocenters. The Bertz CT molecular complexity index is 613. The van der Waals surface area contributed by atoms with Crippen molar-refractivity contribution < 1.29 is 0 Å². The lowest BCUT2D eigenvalue weighted by molar-refractivity contribution is 0.564. The third-order valence-electron chi connectivity index (χ3n) is 2.99. The Morgan fingerprint density at radius 2 is 2.00 bits per heavy atom. The third kappa shape index (κ3) is 2.85. The van der Waals surface area contributed by atoms with E-state index in [0.29, 0.717) is 11.6 Å². The smallest absolute Gasteiger partial charge is 0.180 e. The van der Waals surface area contributed by atoms with Crippen LogP contribution in [0.15, 0.2) is 17.0 Å². The molecule has 0 fully saturated rings. The molecule has 0 radical (unpaired) electrons. The second kappa shape index (κ2) is 5.52. The van der Waals surface area contributed by atoms with Gasteiger partial charge in [0.2, 0.25) is 0 Å². The molecule has 0 aliphatic carbocycles. The number of aryl methyl sites for hydroxylation is 1. The van der Waals surface area contributed by atoms with Crippen LogP contribution in [0.3, 0.4) is 0 Å². The standard InChI is InChI=1S/C14H20BrN5/c1-5-6-20-8-17-7-9(20)13-18-11(14(2,3)4)10(15)12(16)19-13/h7-8H,5-6H2,1-4H3,(H2,16,18,19). The van der Waals surface area contributed by atoms with Gasteiger partial charge < -0.3 is 10.3 Å². The zero-order valence-electron chi connectivity index (χ0n) is 12.3. The maximum atomic E-state index is 6.02. The van der Waals surface area contributed by atoms with Crippen LogP contribution in [-0.2, 0) is 12.0 Å². The summed E-state index contributed by atoms with van der Waals surface area (Å²) >= 11 is 3.49. The molecule has 0 spiro atoms. The number of anilines is 1. The second-order valence-corrected chi connectivity index (χ2v) is 6.61. The van der Waals surface area contributed by atoms with Gasteiger partial charge in [0.25, 0.3) is 0 Å². The van der Waals surface area contributed by atoms with Crippen molar-refractivity contribution in [1.29, 1.82) is 0 Å². The van der Waals surface area contributed by atoms with E-state index >= 15 is 0 Å². The van der Waals surface area contributed by atoms with Gasteiger partial charge in [-0.15, -0.1) is 0 Å². The minimum Gasteiger partial charge on any atom is -0.383 e. The number of rotatable bonds is 3. The van der Waals surface area contributed by atoms with Crippen molar-refractivity contribution in [2.45, 2.75) is 46.1 Å². The van der Waals surface area contributed by atoms with E-state index in [4.69, 9.17) is 10.7 Å². The number of hydrogen-bond acceptors (Lipinski definition) is 4. The van der Waals surface area contributed by atoms with Gasteiger partial charge in [-0.2, -0.15) is 0 Å². The first-order valence-corrected chi connectivity index (χ1v) is 7.48. The number of nitrogens with zero attached hydrogens (tertiary/aromatic N) is 4. The number of nitrogen functional groups attached to an aromatic ring is 1. The zero-order valence-corrected chi connectivity index (χ0v) is 13.9. The monoisotopic (exact) mass is 337 g/mol. The number of imidazole rings is 1. The number of hydrogen-bond donors (Lipinski definition) is 1. The van der Waals surface area contributed by atoms with Crippen molar-refractivity contribution in [3.63, 3.8) is 0 Å². The molecule has 0 aliphatic rings. The summed E-state index contributed by atoms with van der Waals surface area (Å²) in [6.45, 7) is 9.33. The third-order valence-corrected chi connectivity index (χ3v) is 3.77. The molecular weight excluding hydrogens is 318 g/mol. The van der Waals surface area contributed by atoms with Crippen LogP contribution in [-0.4, -0.2) is 19.5 Å². The second-order valence-electron chi connectivity index (χ2n) is 5.82. The molecule has 2 heterocycles. The highest BCUT2D eigenvalue weighted by Crippen LogP contribution is 2.33. The topological polar surface area (TPSA) is 69.6 Å². The van der Waals surface area contributed by atoms with E-state index in [2.05, 4.69) is 58.2 Å². The fraction of sp³-hybridized carbons (Fsp3) is 0.500. The summed E-state index contributed by atoms with van der Waals surface area (Å²) < 4.78 is 2.82. The molecule has 0 bridgehead atoms. The summed E-state index contributed by atoms with van der Waals surface area (Å²) in [5.41, 5.74) is 7.72. The van der Waals surface area contributed by atoms with Crippen LogP contribution in [0, 0.1) is 0 Å². The van der Waals surface area contributed by atoms with E-state index in [1.54, 1.807) is 12.5 Å². The van der Waals surface area contributed by atoms with Gasteiger partial charge in [-0.05, 0) is 22.4 Å². The van der Waals surface area contributed by atoms with E-state index in [1.807, 2.05) is 0 Å². The Morgan fingerprint density at radius 3 is 2.60 bits per heavy atom. The van der Waals surface area contributed by atoms with Gasteiger partial charge in [0.05, 0.1) is 22.7 Å². The first-order chi connectivity index (χ1) is 9.34. The molecule has 108 valence electrons. The molecular formula is C14H20BrN5. The van der Waals surface area contributed by atoms with Gasteiger partial charge >= 0.3 is 0 Å². The van der Waals surface area contributed by atoms with Gasteiger partial charge in [0, 0.05) is 12.0 Å². The number of halogens is 1. The van der Waals surface area contributed by atoms with Crippen molar-refractivity contribution in [2.75, 3.05) is 5.73 Å². The number of aromatic nitrogens is 4. The van der Waals surface area contributed by atoms with Crippen molar-refractivity contribution in [3.8, 4) is 11.5 Å². The average Bonchev–Trinajstić information content (AvgIpc) is 2.79. The fourth-order valence-electron chi connectivity index (χ4n) is 2.00. The Labute approximate surface area is 127 Å². The van der Waals surface area contributed by atoms with E-state index in [-0.39, 0.29) is 5.41 Å². The highest BCUT2D eigenvalue weighted by atomic mass is 79.9. The Hall–Kier alpha value is -1.43. The molecule has 6 heteroatoms. The van der Waals surface area contributed by atoms with Crippen molar-refractivity contribution in [1.82, 2.24) is 19.5 Å². The molecule has 2 N–H and O–H groups in total. The summed E-state index contributed by atoms with van der Waals surface area (Å²) in [5, 5.41) is 0. The van der Waals surface area contributed by atoms with Crippen LogP contribution in [0.5, 0.6) is 0 Å². The van der Waals surface area contributed by atoms with Crippen LogP contribution in [0.1, 0.15) is 39.8 Å². The lowest BCUT2D eigenvalue weighted by Gasteiger charge is -2.21. The summed E-state index contributed by atoms with van der Waals surface area (Å²) in [6.07, 6.45) is 4.61. The lowest BCUT2D eigenvalue weighted by Crippen LogP contribution is -2.17. The maximum Gasteiger partial charge on any atom is 0.180 e. The molecule has 20 heavy (non-hydrogen) atoms. The van der Waals surface area contributed by atoms with E-state index < -0.39 is 0 Å². The quantitative estimate of drug-likeness (QED) is 0.931. The van der Waals surface area contributed by atoms with E-state index in [1.165, 1.54) is 0 Å². The fourth-order valence-corrected chi connectivity index (χ4v) is 2.77. The van der Waals surface area contributed by atoms with Gasteiger partial charge in [-0.1, -0.05) is 27.7 Å². The summed E-state index contributed by atoms with van der Waals surface area (Å²) in [4.78, 5) is 13.3. The average molecular weight is 338 g/mol. The first-order valence-electron chi connectivity index (χ1n) is 6.68. The highest BCUT2D eigenvalue weighted by molar-refractivity contribution is 9.10.